The molecule has 2 aliphatic rings. The van der Waals surface area contributed by atoms with Crippen LogP contribution in [-0.4, -0.2) is 52.4 Å². The molecule has 0 bridgehead atoms. The summed E-state index contributed by atoms with van der Waals surface area (Å²) in [5, 5.41) is 11.5. The Kier molecular flexibility index (Phi) is 4.91. The van der Waals surface area contributed by atoms with Crippen LogP contribution in [-0.2, 0) is 11.2 Å². The van der Waals surface area contributed by atoms with Crippen molar-refractivity contribution < 1.29 is 23.9 Å². The zero-order chi connectivity index (χ0) is 20.9. The summed E-state index contributed by atoms with van der Waals surface area (Å²) in [6.45, 7) is 9.63. The smallest absolute Gasteiger partial charge is 0.410 e. The average Bonchev–Trinajstić information content (AvgIpc) is 3.03. The van der Waals surface area contributed by atoms with E-state index in [2.05, 4.69) is 0 Å². The number of nitrogens with zero attached hydrogens (tertiary/aromatic N) is 2. The van der Waals surface area contributed by atoms with Crippen LogP contribution in [0.3, 0.4) is 0 Å². The molecule has 1 aromatic carbocycles. The second kappa shape index (κ2) is 6.80. The summed E-state index contributed by atoms with van der Waals surface area (Å²) in [6.07, 6.45) is -0.486. The summed E-state index contributed by atoms with van der Waals surface area (Å²) in [6, 6.07) is 2.55. The van der Waals surface area contributed by atoms with Crippen molar-refractivity contribution in [2.45, 2.75) is 64.4 Å². The molecule has 2 heterocycles. The van der Waals surface area contributed by atoms with Crippen molar-refractivity contribution in [3.8, 4) is 11.5 Å². The third-order valence-electron chi connectivity index (χ3n) is 4.58. The summed E-state index contributed by atoms with van der Waals surface area (Å²) in [5.74, 6) is 0.661. The lowest BCUT2D eigenvalue weighted by Crippen LogP contribution is -2.37. The SMILES string of the molecule is CC(C)(C)OC(=O)N1CC(Oc2cc3c(cc2[N+](=O)[O-])CC(C)(C)O3)[C@@H](N)C1. The standard InChI is InChI=1S/C19H27N3O6/c1-18(2,3)28-17(23)21-9-12(20)16(10-21)26-15-7-14-11(6-13(15)22(24)25)8-19(4,5)27-14/h6-7,12,16H,8-10,20H2,1-5H3/t12-,16?/m0/s1. The molecule has 28 heavy (non-hydrogen) atoms. The lowest BCUT2D eigenvalue weighted by atomic mass is 10.0. The first-order valence-corrected chi connectivity index (χ1v) is 9.25. The number of benzene rings is 1. The van der Waals surface area contributed by atoms with Crippen molar-refractivity contribution in [3.05, 3.63) is 27.8 Å². The molecule has 1 unspecified atom stereocenters. The lowest BCUT2D eigenvalue weighted by molar-refractivity contribution is -0.386. The fraction of sp³-hybridized carbons (Fsp3) is 0.632. The van der Waals surface area contributed by atoms with Crippen LogP contribution in [0.15, 0.2) is 12.1 Å². The van der Waals surface area contributed by atoms with Gasteiger partial charge in [0.25, 0.3) is 0 Å². The van der Waals surface area contributed by atoms with Crippen molar-refractivity contribution in [2.75, 3.05) is 13.1 Å². The van der Waals surface area contributed by atoms with Gasteiger partial charge in [-0.2, -0.15) is 0 Å². The van der Waals surface area contributed by atoms with Gasteiger partial charge in [-0.3, -0.25) is 10.1 Å². The predicted octanol–water partition coefficient (Wildman–Crippen LogP) is 2.63. The van der Waals surface area contributed by atoms with E-state index in [-0.39, 0.29) is 24.5 Å². The molecular formula is C19H27N3O6. The summed E-state index contributed by atoms with van der Waals surface area (Å²) in [5.41, 5.74) is 5.72. The van der Waals surface area contributed by atoms with Crippen molar-refractivity contribution in [3.63, 3.8) is 0 Å². The number of rotatable bonds is 3. The van der Waals surface area contributed by atoms with Crippen LogP contribution in [0.4, 0.5) is 10.5 Å². The average molecular weight is 393 g/mol. The molecule has 2 atom stereocenters. The number of likely N-dealkylation sites (tertiary alicyclic amines) is 1. The molecule has 0 radical (unpaired) electrons. The fourth-order valence-electron chi connectivity index (χ4n) is 3.42. The van der Waals surface area contributed by atoms with Gasteiger partial charge in [0, 0.05) is 30.7 Å². The van der Waals surface area contributed by atoms with Crippen molar-refractivity contribution in [2.24, 2.45) is 5.73 Å². The van der Waals surface area contributed by atoms with Crippen LogP contribution in [0.2, 0.25) is 0 Å². The molecule has 1 amide bonds. The number of hydrogen-bond donors (Lipinski definition) is 1. The number of amides is 1. The Bertz CT molecular complexity index is 802. The number of hydrogen-bond acceptors (Lipinski definition) is 7. The number of nitrogens with two attached hydrogens (primary N) is 1. The monoisotopic (exact) mass is 393 g/mol. The predicted molar refractivity (Wildman–Crippen MR) is 102 cm³/mol. The van der Waals surface area contributed by atoms with E-state index < -0.39 is 34.4 Å². The number of carbonyl (C=O) groups excluding carboxylic acids is 1. The van der Waals surface area contributed by atoms with E-state index in [1.807, 2.05) is 13.8 Å². The largest absolute Gasteiger partial charge is 0.487 e. The van der Waals surface area contributed by atoms with Gasteiger partial charge < -0.3 is 24.8 Å². The molecule has 0 aliphatic carbocycles. The van der Waals surface area contributed by atoms with Crippen LogP contribution in [0.5, 0.6) is 11.5 Å². The molecule has 1 saturated heterocycles. The molecule has 0 saturated carbocycles. The highest BCUT2D eigenvalue weighted by molar-refractivity contribution is 5.68. The van der Waals surface area contributed by atoms with Crippen molar-refractivity contribution >= 4 is 11.8 Å². The summed E-state index contributed by atoms with van der Waals surface area (Å²) in [4.78, 5) is 24.8. The number of ether oxygens (including phenoxy) is 3. The molecular weight excluding hydrogens is 366 g/mol. The maximum Gasteiger partial charge on any atom is 0.410 e. The third kappa shape index (κ3) is 4.30. The molecule has 1 aromatic rings. The summed E-state index contributed by atoms with van der Waals surface area (Å²) >= 11 is 0. The van der Waals surface area contributed by atoms with Crippen LogP contribution in [0.1, 0.15) is 40.2 Å². The molecule has 3 rings (SSSR count). The minimum Gasteiger partial charge on any atom is -0.487 e. The molecule has 1 fully saturated rings. The Labute approximate surface area is 163 Å². The zero-order valence-corrected chi connectivity index (χ0v) is 16.9. The van der Waals surface area contributed by atoms with E-state index >= 15 is 0 Å². The first kappa shape index (κ1) is 20.2. The number of nitro benzene ring substituents is 1. The van der Waals surface area contributed by atoms with Crippen LogP contribution >= 0.6 is 0 Å². The quantitative estimate of drug-likeness (QED) is 0.619. The Balaban J connectivity index is 1.78. The van der Waals surface area contributed by atoms with Crippen LogP contribution < -0.4 is 15.2 Å². The van der Waals surface area contributed by atoms with Gasteiger partial charge in [0.15, 0.2) is 0 Å². The van der Waals surface area contributed by atoms with Gasteiger partial charge >= 0.3 is 11.8 Å². The Morgan fingerprint density at radius 1 is 1.36 bits per heavy atom. The highest BCUT2D eigenvalue weighted by Crippen LogP contribution is 2.42. The molecule has 9 nitrogen and oxygen atoms in total. The van der Waals surface area contributed by atoms with Gasteiger partial charge in [-0.1, -0.05) is 0 Å². The lowest BCUT2D eigenvalue weighted by Gasteiger charge is -2.24. The topological polar surface area (TPSA) is 117 Å². The van der Waals surface area contributed by atoms with Crippen LogP contribution in [0.25, 0.3) is 0 Å². The highest BCUT2D eigenvalue weighted by atomic mass is 16.6. The number of fused-ring (bicyclic) bond motifs is 1. The number of nitro groups is 1. The molecule has 0 aromatic heterocycles. The van der Waals surface area contributed by atoms with Gasteiger partial charge in [0.2, 0.25) is 5.75 Å². The van der Waals surface area contributed by atoms with E-state index in [0.717, 1.165) is 5.56 Å². The van der Waals surface area contributed by atoms with E-state index in [0.29, 0.717) is 12.2 Å². The Morgan fingerprint density at radius 2 is 2.04 bits per heavy atom. The van der Waals surface area contributed by atoms with Gasteiger partial charge in [-0.15, -0.1) is 0 Å². The third-order valence-corrected chi connectivity index (χ3v) is 4.58. The molecule has 2 N–H and O–H groups in total. The van der Waals surface area contributed by atoms with Crippen LogP contribution in [0, 0.1) is 10.1 Å². The van der Waals surface area contributed by atoms with Gasteiger partial charge in [-0.25, -0.2) is 4.79 Å². The van der Waals surface area contributed by atoms with E-state index in [4.69, 9.17) is 19.9 Å². The highest BCUT2D eigenvalue weighted by Gasteiger charge is 2.39. The first-order chi connectivity index (χ1) is 12.8. The van der Waals surface area contributed by atoms with E-state index in [1.54, 1.807) is 26.8 Å². The normalized spacial score (nSPS) is 23.1. The summed E-state index contributed by atoms with van der Waals surface area (Å²) in [7, 11) is 0. The molecule has 9 heteroatoms. The van der Waals surface area contributed by atoms with E-state index in [1.165, 1.54) is 11.0 Å². The van der Waals surface area contributed by atoms with Crippen molar-refractivity contribution in [1.82, 2.24) is 4.90 Å². The van der Waals surface area contributed by atoms with Crippen molar-refractivity contribution in [1.29, 1.82) is 0 Å². The zero-order valence-electron chi connectivity index (χ0n) is 16.9. The first-order valence-electron chi connectivity index (χ1n) is 9.25. The Hall–Kier alpha value is -2.55. The molecule has 0 spiro atoms. The molecule has 154 valence electrons. The second-order valence-electron chi connectivity index (χ2n) is 8.93. The van der Waals surface area contributed by atoms with Gasteiger partial charge in [0.1, 0.15) is 23.1 Å². The molecule has 2 aliphatic heterocycles. The second-order valence-corrected chi connectivity index (χ2v) is 8.93. The maximum absolute atomic E-state index is 12.3. The fourth-order valence-corrected chi connectivity index (χ4v) is 3.42. The van der Waals surface area contributed by atoms with Gasteiger partial charge in [-0.05, 0) is 34.6 Å². The van der Waals surface area contributed by atoms with E-state index in [9.17, 15) is 14.9 Å². The van der Waals surface area contributed by atoms with Gasteiger partial charge in [0.05, 0.1) is 17.5 Å². The maximum atomic E-state index is 12.3. The minimum absolute atomic E-state index is 0.0907. The minimum atomic E-state index is -0.622. The summed E-state index contributed by atoms with van der Waals surface area (Å²) < 4.78 is 17.1. The number of carbonyl (C=O) groups is 1. The Morgan fingerprint density at radius 3 is 2.64 bits per heavy atom.